The van der Waals surface area contributed by atoms with Crippen LogP contribution in [0.2, 0.25) is 0 Å². The fourth-order valence-electron chi connectivity index (χ4n) is 4.17. The summed E-state index contributed by atoms with van der Waals surface area (Å²) in [5.74, 6) is 1.71. The number of hydrogen-bond acceptors (Lipinski definition) is 10. The number of hydrazine groups is 1. The molecule has 176 valence electrons. The van der Waals surface area contributed by atoms with Crippen LogP contribution in [0.15, 0.2) is 30.3 Å². The number of fused-ring (bicyclic) bond motifs is 1. The Morgan fingerprint density at radius 1 is 0.970 bits per heavy atom. The van der Waals surface area contributed by atoms with Crippen LogP contribution in [0.3, 0.4) is 0 Å². The predicted molar refractivity (Wildman–Crippen MR) is 124 cm³/mol. The summed E-state index contributed by atoms with van der Waals surface area (Å²) in [4.78, 5) is 13.7. The van der Waals surface area contributed by atoms with Crippen LogP contribution >= 0.6 is 0 Å². The van der Waals surface area contributed by atoms with Crippen LogP contribution in [-0.4, -0.2) is 85.7 Å². The summed E-state index contributed by atoms with van der Waals surface area (Å²) in [7, 11) is 0. The standard InChI is InChI=1S/C23H30N6O4/c30-18-2-3-19-17(15-18)1-4-20(19)26-27-21-16-22(29-8-12-32-13-9-29)25-23(24-21)33-14-7-28-5-10-31-11-6-28/h2-4,15-16,26,30H,1,5-14H2,(H,24,25,27). The summed E-state index contributed by atoms with van der Waals surface area (Å²) >= 11 is 0. The molecule has 10 nitrogen and oxygen atoms in total. The normalized spacial score (nSPS) is 18.5. The molecule has 2 aromatic rings. The Kier molecular flexibility index (Phi) is 6.75. The highest BCUT2D eigenvalue weighted by Crippen LogP contribution is 2.28. The Labute approximate surface area is 193 Å². The molecule has 10 heteroatoms. The lowest BCUT2D eigenvalue weighted by Gasteiger charge is -2.28. The first-order chi connectivity index (χ1) is 16.2. The van der Waals surface area contributed by atoms with Gasteiger partial charge in [-0.25, -0.2) is 0 Å². The van der Waals surface area contributed by atoms with Crippen LogP contribution in [0, 0.1) is 0 Å². The summed E-state index contributed by atoms with van der Waals surface area (Å²) in [5.41, 5.74) is 9.56. The number of morpholine rings is 2. The van der Waals surface area contributed by atoms with Crippen molar-refractivity contribution in [2.75, 3.05) is 76.1 Å². The molecule has 3 aliphatic rings. The van der Waals surface area contributed by atoms with Crippen LogP contribution < -0.4 is 20.5 Å². The summed E-state index contributed by atoms with van der Waals surface area (Å²) in [5, 5.41) is 9.72. The molecule has 0 bridgehead atoms. The number of phenolic OH excluding ortho intramolecular Hbond substituents is 1. The number of nitrogens with one attached hydrogen (secondary N) is 2. The molecule has 0 atom stereocenters. The topological polar surface area (TPSA) is 104 Å². The van der Waals surface area contributed by atoms with Crippen molar-refractivity contribution < 1.29 is 19.3 Å². The zero-order valence-electron chi connectivity index (χ0n) is 18.6. The van der Waals surface area contributed by atoms with Gasteiger partial charge in [-0.1, -0.05) is 6.08 Å². The zero-order chi connectivity index (χ0) is 22.5. The van der Waals surface area contributed by atoms with E-state index in [4.69, 9.17) is 14.2 Å². The van der Waals surface area contributed by atoms with Crippen molar-refractivity contribution in [3.8, 4) is 11.8 Å². The molecule has 1 aliphatic carbocycles. The maximum absolute atomic E-state index is 9.72. The van der Waals surface area contributed by atoms with E-state index in [9.17, 15) is 5.11 Å². The molecule has 5 rings (SSSR count). The fraction of sp³-hybridized carbons (Fsp3) is 0.478. The van der Waals surface area contributed by atoms with E-state index < -0.39 is 0 Å². The quantitative estimate of drug-likeness (QED) is 0.505. The van der Waals surface area contributed by atoms with Gasteiger partial charge in [-0.3, -0.25) is 15.8 Å². The van der Waals surface area contributed by atoms with Crippen LogP contribution in [0.1, 0.15) is 11.1 Å². The lowest BCUT2D eigenvalue weighted by Crippen LogP contribution is -2.39. The van der Waals surface area contributed by atoms with E-state index >= 15 is 0 Å². The molecule has 2 saturated heterocycles. The van der Waals surface area contributed by atoms with Gasteiger partial charge in [0.05, 0.1) is 32.1 Å². The molecule has 1 aromatic heterocycles. The molecular weight excluding hydrogens is 424 g/mol. The molecule has 0 unspecified atom stereocenters. The third kappa shape index (κ3) is 5.47. The largest absolute Gasteiger partial charge is 0.508 e. The Hall–Kier alpha value is -3.08. The second-order valence-electron chi connectivity index (χ2n) is 8.21. The molecule has 1 aromatic carbocycles. The highest BCUT2D eigenvalue weighted by Gasteiger charge is 2.18. The number of aromatic hydroxyl groups is 1. The maximum atomic E-state index is 9.72. The molecule has 0 spiro atoms. The van der Waals surface area contributed by atoms with Crippen molar-refractivity contribution in [2.45, 2.75) is 6.42 Å². The number of phenols is 1. The third-order valence-corrected chi connectivity index (χ3v) is 6.00. The maximum Gasteiger partial charge on any atom is 0.320 e. The minimum atomic E-state index is 0.279. The predicted octanol–water partition coefficient (Wildman–Crippen LogP) is 1.24. The van der Waals surface area contributed by atoms with Crippen LogP contribution in [0.25, 0.3) is 5.70 Å². The van der Waals surface area contributed by atoms with E-state index in [1.165, 1.54) is 0 Å². The van der Waals surface area contributed by atoms with E-state index in [1.54, 1.807) is 12.1 Å². The van der Waals surface area contributed by atoms with Gasteiger partial charge >= 0.3 is 6.01 Å². The first kappa shape index (κ1) is 21.7. The average Bonchev–Trinajstić information content (AvgIpc) is 3.26. The van der Waals surface area contributed by atoms with Crippen molar-refractivity contribution in [1.82, 2.24) is 20.3 Å². The van der Waals surface area contributed by atoms with Crippen LogP contribution in [0.5, 0.6) is 11.8 Å². The lowest BCUT2D eigenvalue weighted by atomic mass is 10.1. The van der Waals surface area contributed by atoms with Crippen molar-refractivity contribution in [3.05, 3.63) is 41.5 Å². The number of nitrogens with zero attached hydrogens (tertiary/aromatic N) is 4. The fourth-order valence-corrected chi connectivity index (χ4v) is 4.17. The molecular formula is C23H30N6O4. The SMILES string of the molecule is Oc1ccc2c(c1)CC=C2NNc1cc(N2CCOCC2)nc(OCCN2CCOCC2)n1. The average molecular weight is 455 g/mol. The van der Waals surface area contributed by atoms with Gasteiger partial charge in [0.25, 0.3) is 0 Å². The molecule has 2 aliphatic heterocycles. The number of anilines is 2. The second-order valence-corrected chi connectivity index (χ2v) is 8.21. The summed E-state index contributed by atoms with van der Waals surface area (Å²) in [6, 6.07) is 7.67. The number of ether oxygens (including phenoxy) is 3. The number of allylic oxidation sites excluding steroid dienone is 1. The van der Waals surface area contributed by atoms with Crippen molar-refractivity contribution in [2.24, 2.45) is 0 Å². The van der Waals surface area contributed by atoms with Crippen LogP contribution in [-0.2, 0) is 15.9 Å². The zero-order valence-corrected chi connectivity index (χ0v) is 18.6. The minimum Gasteiger partial charge on any atom is -0.508 e. The van der Waals surface area contributed by atoms with Crippen LogP contribution in [0.4, 0.5) is 11.6 Å². The molecule has 3 heterocycles. The minimum absolute atomic E-state index is 0.279. The van der Waals surface area contributed by atoms with Gasteiger partial charge in [0, 0.05) is 44.4 Å². The summed E-state index contributed by atoms with van der Waals surface area (Å²) < 4.78 is 16.8. The highest BCUT2D eigenvalue weighted by molar-refractivity contribution is 5.73. The van der Waals surface area contributed by atoms with Gasteiger partial charge < -0.3 is 24.2 Å². The van der Waals surface area contributed by atoms with E-state index in [1.807, 2.05) is 12.1 Å². The Morgan fingerprint density at radius 3 is 2.58 bits per heavy atom. The molecule has 0 radical (unpaired) electrons. The third-order valence-electron chi connectivity index (χ3n) is 6.00. The molecule has 2 fully saturated rings. The van der Waals surface area contributed by atoms with E-state index in [0.29, 0.717) is 31.6 Å². The van der Waals surface area contributed by atoms with Gasteiger partial charge in [0.2, 0.25) is 0 Å². The smallest absolute Gasteiger partial charge is 0.320 e. The van der Waals surface area contributed by atoms with E-state index in [2.05, 4.69) is 36.7 Å². The van der Waals surface area contributed by atoms with E-state index in [-0.39, 0.29) is 5.75 Å². The lowest BCUT2D eigenvalue weighted by molar-refractivity contribution is 0.0317. The first-order valence-electron chi connectivity index (χ1n) is 11.4. The van der Waals surface area contributed by atoms with Crippen molar-refractivity contribution in [3.63, 3.8) is 0 Å². The molecule has 0 saturated carbocycles. The number of rotatable bonds is 8. The highest BCUT2D eigenvalue weighted by atomic mass is 16.5. The molecule has 0 amide bonds. The van der Waals surface area contributed by atoms with Gasteiger partial charge in [-0.15, -0.1) is 0 Å². The van der Waals surface area contributed by atoms with Gasteiger partial charge in [-0.2, -0.15) is 9.97 Å². The molecule has 3 N–H and O–H groups in total. The van der Waals surface area contributed by atoms with Crippen molar-refractivity contribution >= 4 is 17.3 Å². The summed E-state index contributed by atoms with van der Waals surface area (Å²) in [6.45, 7) is 7.60. The number of aromatic nitrogens is 2. The first-order valence-corrected chi connectivity index (χ1v) is 11.4. The van der Waals surface area contributed by atoms with Gasteiger partial charge in [-0.05, 0) is 30.2 Å². The second kappa shape index (κ2) is 10.2. The van der Waals surface area contributed by atoms with Gasteiger partial charge in [0.15, 0.2) is 5.82 Å². The number of benzene rings is 1. The summed E-state index contributed by atoms with van der Waals surface area (Å²) in [6.07, 6.45) is 2.85. The Balaban J connectivity index is 1.26. The van der Waals surface area contributed by atoms with Crippen molar-refractivity contribution in [1.29, 1.82) is 0 Å². The van der Waals surface area contributed by atoms with E-state index in [0.717, 1.165) is 75.0 Å². The Bertz CT molecular complexity index is 989. The van der Waals surface area contributed by atoms with Gasteiger partial charge in [0.1, 0.15) is 18.2 Å². The number of hydrogen-bond donors (Lipinski definition) is 3. The monoisotopic (exact) mass is 454 g/mol. The Morgan fingerprint density at radius 2 is 1.76 bits per heavy atom. The molecule has 33 heavy (non-hydrogen) atoms.